The number of nitrogens with two attached hydrogens (primary N) is 2. The Labute approximate surface area is 213 Å². The number of carboxylic acids is 1. The molecule has 1 aliphatic rings. The summed E-state index contributed by atoms with van der Waals surface area (Å²) in [5.41, 5.74) is 10.8. The minimum absolute atomic E-state index is 0.0493. The first-order valence-corrected chi connectivity index (χ1v) is 12.4. The van der Waals surface area contributed by atoms with Crippen molar-refractivity contribution in [3.05, 3.63) is 40.9 Å². The van der Waals surface area contributed by atoms with Crippen molar-refractivity contribution in [1.82, 2.24) is 14.6 Å². The molecule has 2 heterocycles. The first kappa shape index (κ1) is 27.3. The molecule has 1 aliphatic heterocycles. The molecule has 3 atom stereocenters. The van der Waals surface area contributed by atoms with Crippen LogP contribution in [0.1, 0.15) is 18.2 Å². The van der Waals surface area contributed by atoms with Crippen molar-refractivity contribution in [2.24, 2.45) is 10.9 Å². The van der Waals surface area contributed by atoms with Crippen molar-refractivity contribution in [2.75, 3.05) is 12.3 Å². The molecule has 1 fully saturated rings. The van der Waals surface area contributed by atoms with Crippen molar-refractivity contribution >= 4 is 56.1 Å². The van der Waals surface area contributed by atoms with E-state index in [2.05, 4.69) is 15.5 Å². The van der Waals surface area contributed by atoms with Gasteiger partial charge in [-0.3, -0.25) is 19.6 Å². The number of carboxylic acid groups (broad SMARTS) is 1. The molecule has 2 amide bonds. The number of carbonyl (C=O) groups is 3. The molecular weight excluding hydrogens is 534 g/mol. The van der Waals surface area contributed by atoms with E-state index in [9.17, 15) is 27.9 Å². The van der Waals surface area contributed by atoms with Gasteiger partial charge in [0.15, 0.2) is 10.8 Å². The van der Waals surface area contributed by atoms with Crippen LogP contribution in [0.25, 0.3) is 0 Å². The van der Waals surface area contributed by atoms with Crippen LogP contribution in [0, 0.1) is 5.41 Å². The predicted octanol–water partition coefficient (Wildman–Crippen LogP) is -1.22. The number of ether oxygens (including phenoxy) is 1. The van der Waals surface area contributed by atoms with Gasteiger partial charge < -0.3 is 31.5 Å². The van der Waals surface area contributed by atoms with Crippen LogP contribution in [-0.2, 0) is 29.5 Å². The van der Waals surface area contributed by atoms with Crippen molar-refractivity contribution in [3.8, 4) is 5.75 Å². The molecule has 1 aromatic carbocycles. The number of oxime groups is 1. The number of rotatable bonds is 11. The van der Waals surface area contributed by atoms with Crippen molar-refractivity contribution in [1.29, 1.82) is 5.41 Å². The van der Waals surface area contributed by atoms with Gasteiger partial charge in [0.2, 0.25) is 0 Å². The van der Waals surface area contributed by atoms with E-state index >= 15 is 0 Å². The molecule has 0 aliphatic carbocycles. The van der Waals surface area contributed by atoms with Crippen molar-refractivity contribution < 1.29 is 42.0 Å². The standard InChI is InChI=1S/C19H21N7O9S2/c1-8-13(17(28)26(8)37(31,32)33)24-16(27)14(11-7-36-19(22)23-11)25-35-12(18(29)30)6-34-10-4-2-9(3-5-10)15(20)21/h2-5,7-8,12-13H,6H2,1H3,(H3,20,21)(H2,22,23)(H,24,27)(H,29,30)(H,31,32,33)/b25-14-/t8-,12+,13-/m0/s1. The molecule has 2 aromatic rings. The van der Waals surface area contributed by atoms with E-state index in [1.165, 1.54) is 36.6 Å². The van der Waals surface area contributed by atoms with E-state index in [0.29, 0.717) is 5.56 Å². The number of aliphatic carboxylic acids is 1. The van der Waals surface area contributed by atoms with Crippen LogP contribution in [0.15, 0.2) is 34.8 Å². The molecule has 37 heavy (non-hydrogen) atoms. The lowest BCUT2D eigenvalue weighted by molar-refractivity contribution is -0.152. The lowest BCUT2D eigenvalue weighted by atomic mass is 10.0. The molecule has 3 rings (SSSR count). The number of benzene rings is 1. The second kappa shape index (κ2) is 10.8. The van der Waals surface area contributed by atoms with E-state index in [-0.39, 0.29) is 26.7 Å². The smallest absolute Gasteiger partial charge is 0.362 e. The Kier molecular flexibility index (Phi) is 7.94. The maximum atomic E-state index is 12.9. The SMILES string of the molecule is C[C@H]1[C@H](NC(=O)/C(=N\O[C@H](COc2ccc(C(=N)N)cc2)C(=O)O)c2csc(N)n2)C(=O)N1S(=O)(=O)O. The van der Waals surface area contributed by atoms with Gasteiger partial charge in [-0.05, 0) is 31.2 Å². The molecule has 0 saturated carbocycles. The van der Waals surface area contributed by atoms with Crippen LogP contribution in [0.2, 0.25) is 0 Å². The molecule has 16 nitrogen and oxygen atoms in total. The van der Waals surface area contributed by atoms with E-state index in [0.717, 1.165) is 11.3 Å². The number of amides is 2. The molecule has 198 valence electrons. The molecule has 0 unspecified atom stereocenters. The van der Waals surface area contributed by atoms with Crippen LogP contribution in [-0.4, -0.2) is 81.5 Å². The second-order valence-corrected chi connectivity index (χ2v) is 9.67. The number of β-lactam (4-membered cyclic amide) rings is 1. The zero-order chi connectivity index (χ0) is 27.5. The Morgan fingerprint density at radius 1 is 1.35 bits per heavy atom. The maximum absolute atomic E-state index is 12.9. The molecule has 18 heteroatoms. The number of nitrogen functional groups attached to an aromatic ring is 2. The highest BCUT2D eigenvalue weighted by molar-refractivity contribution is 7.84. The van der Waals surface area contributed by atoms with E-state index < -0.39 is 58.6 Å². The van der Waals surface area contributed by atoms with Gasteiger partial charge in [-0.25, -0.2) is 14.1 Å². The Morgan fingerprint density at radius 2 is 2.00 bits per heavy atom. The van der Waals surface area contributed by atoms with Gasteiger partial charge in [-0.2, -0.15) is 8.42 Å². The van der Waals surface area contributed by atoms with Crippen LogP contribution in [0.4, 0.5) is 5.13 Å². The van der Waals surface area contributed by atoms with E-state index in [1.54, 1.807) is 0 Å². The van der Waals surface area contributed by atoms with Crippen LogP contribution in [0.5, 0.6) is 5.75 Å². The van der Waals surface area contributed by atoms with Gasteiger partial charge in [-0.1, -0.05) is 5.16 Å². The number of thiazole rings is 1. The average molecular weight is 556 g/mol. The van der Waals surface area contributed by atoms with Gasteiger partial charge in [0, 0.05) is 10.9 Å². The second-order valence-electron chi connectivity index (χ2n) is 7.50. The normalized spacial score (nSPS) is 18.5. The zero-order valence-electron chi connectivity index (χ0n) is 18.9. The fraction of sp³-hybridized carbons (Fsp3) is 0.263. The van der Waals surface area contributed by atoms with Crippen LogP contribution < -0.4 is 21.5 Å². The Balaban J connectivity index is 1.75. The summed E-state index contributed by atoms with van der Waals surface area (Å²) in [6.45, 7) is 0.739. The number of amidine groups is 1. The Morgan fingerprint density at radius 3 is 2.49 bits per heavy atom. The van der Waals surface area contributed by atoms with Crippen LogP contribution >= 0.6 is 11.3 Å². The zero-order valence-corrected chi connectivity index (χ0v) is 20.5. The first-order chi connectivity index (χ1) is 17.3. The number of nitrogens with one attached hydrogen (secondary N) is 2. The number of nitrogens with zero attached hydrogens (tertiary/aromatic N) is 3. The molecule has 1 saturated heterocycles. The fourth-order valence-corrected chi connectivity index (χ4v) is 4.51. The third-order valence-corrected chi connectivity index (χ3v) is 6.65. The summed E-state index contributed by atoms with van der Waals surface area (Å²) in [5, 5.41) is 24.1. The highest BCUT2D eigenvalue weighted by Crippen LogP contribution is 2.23. The fourth-order valence-electron chi connectivity index (χ4n) is 3.08. The van der Waals surface area contributed by atoms with Gasteiger partial charge >= 0.3 is 16.3 Å². The van der Waals surface area contributed by atoms with Gasteiger partial charge in [-0.15, -0.1) is 11.3 Å². The predicted molar refractivity (Wildman–Crippen MR) is 128 cm³/mol. The third-order valence-electron chi connectivity index (χ3n) is 4.96. The highest BCUT2D eigenvalue weighted by Gasteiger charge is 2.51. The number of anilines is 1. The van der Waals surface area contributed by atoms with Crippen molar-refractivity contribution in [3.63, 3.8) is 0 Å². The van der Waals surface area contributed by atoms with Crippen LogP contribution in [0.3, 0.4) is 0 Å². The third kappa shape index (κ3) is 6.29. The maximum Gasteiger partial charge on any atom is 0.362 e. The Bertz CT molecular complexity index is 1360. The lowest BCUT2D eigenvalue weighted by Crippen LogP contribution is -2.71. The van der Waals surface area contributed by atoms with Gasteiger partial charge in [0.25, 0.3) is 17.9 Å². The molecule has 0 spiro atoms. The number of aromatic nitrogens is 1. The molecular formula is C19H21N7O9S2. The van der Waals surface area contributed by atoms with E-state index in [1.807, 2.05) is 0 Å². The van der Waals surface area contributed by atoms with Gasteiger partial charge in [0.1, 0.15) is 29.9 Å². The highest BCUT2D eigenvalue weighted by atomic mass is 32.2. The molecule has 0 radical (unpaired) electrons. The first-order valence-electron chi connectivity index (χ1n) is 10.2. The molecule has 1 aromatic heterocycles. The summed E-state index contributed by atoms with van der Waals surface area (Å²) in [4.78, 5) is 45.6. The average Bonchev–Trinajstić information content (AvgIpc) is 3.24. The minimum Gasteiger partial charge on any atom is -0.489 e. The van der Waals surface area contributed by atoms with Gasteiger partial charge in [0.05, 0.1) is 6.04 Å². The largest absolute Gasteiger partial charge is 0.489 e. The number of carbonyl (C=O) groups excluding carboxylic acids is 2. The minimum atomic E-state index is -4.81. The summed E-state index contributed by atoms with van der Waals surface area (Å²) < 4.78 is 37.2. The summed E-state index contributed by atoms with van der Waals surface area (Å²) >= 11 is 0.943. The number of hydrogen-bond donors (Lipinski definition) is 6. The summed E-state index contributed by atoms with van der Waals surface area (Å²) in [6.07, 6.45) is -1.69. The summed E-state index contributed by atoms with van der Waals surface area (Å²) in [7, 11) is -4.81. The molecule has 0 bridgehead atoms. The molecule has 8 N–H and O–H groups in total. The van der Waals surface area contributed by atoms with Crippen molar-refractivity contribution in [2.45, 2.75) is 25.1 Å². The lowest BCUT2D eigenvalue weighted by Gasteiger charge is -2.42. The Hall–Kier alpha value is -4.29. The quantitative estimate of drug-likeness (QED) is 0.0626. The summed E-state index contributed by atoms with van der Waals surface area (Å²) in [6, 6.07) is 3.47. The van der Waals surface area contributed by atoms with E-state index in [4.69, 9.17) is 31.0 Å². The number of hydrogen-bond acceptors (Lipinski definition) is 12. The summed E-state index contributed by atoms with van der Waals surface area (Å²) in [5.74, 6) is -3.53. The monoisotopic (exact) mass is 555 g/mol. The topological polar surface area (TPSA) is 261 Å².